The summed E-state index contributed by atoms with van der Waals surface area (Å²) in [5.74, 6) is 0. The summed E-state index contributed by atoms with van der Waals surface area (Å²) in [7, 11) is 0. The molecule has 43 heavy (non-hydrogen) atoms. The Kier molecular flexibility index (Phi) is 5.40. The topological polar surface area (TPSA) is 25.8 Å². The molecule has 0 radical (unpaired) electrons. The van der Waals surface area contributed by atoms with Gasteiger partial charge in [-0.1, -0.05) is 109 Å². The van der Waals surface area contributed by atoms with Crippen molar-refractivity contribution in [3.8, 4) is 33.4 Å². The van der Waals surface area contributed by atoms with E-state index in [-0.39, 0.29) is 0 Å². The van der Waals surface area contributed by atoms with Crippen LogP contribution in [0.25, 0.3) is 86.0 Å². The van der Waals surface area contributed by atoms with Crippen molar-refractivity contribution < 1.29 is 0 Å². The Morgan fingerprint density at radius 3 is 1.84 bits per heavy atom. The molecule has 0 saturated carbocycles. The van der Waals surface area contributed by atoms with Crippen molar-refractivity contribution in [2.24, 2.45) is 0 Å². The molecule has 0 spiro atoms. The Morgan fingerprint density at radius 2 is 1.02 bits per heavy atom. The highest BCUT2D eigenvalue weighted by atomic mass is 32.1. The molecule has 2 nitrogen and oxygen atoms in total. The van der Waals surface area contributed by atoms with Gasteiger partial charge in [-0.15, -0.1) is 11.3 Å². The molecule has 0 aliphatic carbocycles. The van der Waals surface area contributed by atoms with Crippen molar-refractivity contribution in [1.82, 2.24) is 9.97 Å². The molecule has 0 fully saturated rings. The number of aromatic nitrogens is 2. The van der Waals surface area contributed by atoms with Crippen molar-refractivity contribution in [2.75, 3.05) is 0 Å². The van der Waals surface area contributed by atoms with Gasteiger partial charge in [0.2, 0.25) is 0 Å². The van der Waals surface area contributed by atoms with Crippen LogP contribution in [0.15, 0.2) is 146 Å². The molecule has 0 amide bonds. The predicted molar refractivity (Wildman–Crippen MR) is 184 cm³/mol. The fourth-order valence-electron chi connectivity index (χ4n) is 6.57. The number of benzene rings is 7. The summed E-state index contributed by atoms with van der Waals surface area (Å²) in [5.41, 5.74) is 8.29. The van der Waals surface area contributed by atoms with Crippen molar-refractivity contribution in [3.05, 3.63) is 146 Å². The second-order valence-electron chi connectivity index (χ2n) is 11.0. The maximum atomic E-state index is 4.72. The molecule has 0 saturated heterocycles. The first-order valence-electron chi connectivity index (χ1n) is 14.5. The van der Waals surface area contributed by atoms with Crippen LogP contribution in [-0.4, -0.2) is 9.97 Å². The minimum absolute atomic E-state index is 0.991. The van der Waals surface area contributed by atoms with E-state index in [2.05, 4.69) is 138 Å². The standard InChI is InChI=1S/C40H24N2S/c1-2-13-32-31(12-1)33-19-18-28(22-36(33)39-37(32)23-41-24-42-39)26-9-5-8-25(20-26)27-10-6-11-29(21-27)30-15-7-16-35-34-14-3-4-17-38(34)43-40(30)35/h1-24H. The maximum absolute atomic E-state index is 4.72. The van der Waals surface area contributed by atoms with E-state index in [4.69, 9.17) is 4.98 Å². The average molecular weight is 565 g/mol. The Bertz CT molecular complexity index is 2490. The van der Waals surface area contributed by atoms with Crippen LogP contribution in [0.4, 0.5) is 0 Å². The lowest BCUT2D eigenvalue weighted by molar-refractivity contribution is 1.23. The molecule has 2 aromatic heterocycles. The number of fused-ring (bicyclic) bond motifs is 9. The second-order valence-corrected chi connectivity index (χ2v) is 12.1. The van der Waals surface area contributed by atoms with Gasteiger partial charge < -0.3 is 0 Å². The number of hydrogen-bond donors (Lipinski definition) is 0. The summed E-state index contributed by atoms with van der Waals surface area (Å²) in [5, 5.41) is 8.52. The van der Waals surface area contributed by atoms with Gasteiger partial charge in [0.25, 0.3) is 0 Å². The number of nitrogens with zero attached hydrogens (tertiary/aromatic N) is 2. The van der Waals surface area contributed by atoms with Gasteiger partial charge in [-0.3, -0.25) is 0 Å². The fourth-order valence-corrected chi connectivity index (χ4v) is 7.81. The first kappa shape index (κ1) is 24.2. The quantitative estimate of drug-likeness (QED) is 0.199. The summed E-state index contributed by atoms with van der Waals surface area (Å²) in [4.78, 5) is 9.06. The molecule has 3 heteroatoms. The van der Waals surface area contributed by atoms with Gasteiger partial charge >= 0.3 is 0 Å². The molecular weight excluding hydrogens is 541 g/mol. The van der Waals surface area contributed by atoms with Crippen LogP contribution in [0, 0.1) is 0 Å². The van der Waals surface area contributed by atoms with Crippen molar-refractivity contribution in [1.29, 1.82) is 0 Å². The van der Waals surface area contributed by atoms with E-state index < -0.39 is 0 Å². The fraction of sp³-hybridized carbons (Fsp3) is 0. The first-order valence-corrected chi connectivity index (χ1v) is 15.3. The SMILES string of the molecule is c1cc(-c2cccc(-c3cccc4c3sc3ccccc34)c2)cc(-c2ccc3c4ccccc4c4cncnc4c3c2)c1. The van der Waals surface area contributed by atoms with Crippen LogP contribution in [-0.2, 0) is 0 Å². The Labute approximate surface area is 252 Å². The van der Waals surface area contributed by atoms with Crippen LogP contribution in [0.1, 0.15) is 0 Å². The molecule has 9 aromatic rings. The van der Waals surface area contributed by atoms with Crippen LogP contribution in [0.5, 0.6) is 0 Å². The van der Waals surface area contributed by atoms with Crippen molar-refractivity contribution in [3.63, 3.8) is 0 Å². The van der Waals surface area contributed by atoms with Gasteiger partial charge in [0.05, 0.1) is 5.52 Å². The lowest BCUT2D eigenvalue weighted by Crippen LogP contribution is -1.88. The van der Waals surface area contributed by atoms with Crippen LogP contribution in [0.3, 0.4) is 0 Å². The van der Waals surface area contributed by atoms with Gasteiger partial charge in [-0.05, 0) is 73.8 Å². The Morgan fingerprint density at radius 1 is 0.419 bits per heavy atom. The Balaban J connectivity index is 1.17. The lowest BCUT2D eigenvalue weighted by atomic mass is 9.93. The second kappa shape index (κ2) is 9.59. The van der Waals surface area contributed by atoms with E-state index in [9.17, 15) is 0 Å². The van der Waals surface area contributed by atoms with E-state index in [0.717, 1.165) is 16.3 Å². The number of rotatable bonds is 3. The minimum atomic E-state index is 0.991. The van der Waals surface area contributed by atoms with Crippen LogP contribution >= 0.6 is 11.3 Å². The summed E-state index contributed by atoms with van der Waals surface area (Å²) in [6, 6.07) is 48.5. The highest BCUT2D eigenvalue weighted by Crippen LogP contribution is 2.41. The third-order valence-corrected chi connectivity index (χ3v) is 9.82. The molecule has 0 bridgehead atoms. The largest absolute Gasteiger partial charge is 0.244 e. The zero-order valence-corrected chi connectivity index (χ0v) is 24.0. The maximum Gasteiger partial charge on any atom is 0.116 e. The normalized spacial score (nSPS) is 11.7. The van der Waals surface area contributed by atoms with Crippen molar-refractivity contribution in [2.45, 2.75) is 0 Å². The van der Waals surface area contributed by atoms with E-state index in [1.54, 1.807) is 6.33 Å². The lowest BCUT2D eigenvalue weighted by Gasteiger charge is -2.12. The summed E-state index contributed by atoms with van der Waals surface area (Å²) in [6.45, 7) is 0. The van der Waals surface area contributed by atoms with Gasteiger partial charge in [0.1, 0.15) is 6.33 Å². The smallest absolute Gasteiger partial charge is 0.116 e. The first-order chi connectivity index (χ1) is 21.3. The molecule has 0 atom stereocenters. The highest BCUT2D eigenvalue weighted by molar-refractivity contribution is 7.26. The molecule has 7 aromatic carbocycles. The van der Waals surface area contributed by atoms with Gasteiger partial charge in [0.15, 0.2) is 0 Å². The summed E-state index contributed by atoms with van der Waals surface area (Å²) in [6.07, 6.45) is 3.58. The third kappa shape index (κ3) is 3.86. The molecule has 0 unspecified atom stereocenters. The predicted octanol–water partition coefficient (Wildman–Crippen LogP) is 11.3. The number of hydrogen-bond acceptors (Lipinski definition) is 3. The van der Waals surface area contributed by atoms with E-state index in [0.29, 0.717) is 0 Å². The molecular formula is C40H24N2S. The third-order valence-electron chi connectivity index (χ3n) is 8.60. The molecule has 200 valence electrons. The van der Waals surface area contributed by atoms with Gasteiger partial charge in [-0.25, -0.2) is 9.97 Å². The zero-order valence-electron chi connectivity index (χ0n) is 23.2. The van der Waals surface area contributed by atoms with Crippen molar-refractivity contribution >= 4 is 64.0 Å². The number of thiophene rings is 1. The zero-order chi connectivity index (χ0) is 28.3. The monoisotopic (exact) mass is 564 g/mol. The Hall–Kier alpha value is -5.38. The van der Waals surface area contributed by atoms with E-state index in [1.165, 1.54) is 69.7 Å². The van der Waals surface area contributed by atoms with Gasteiger partial charge in [-0.2, -0.15) is 0 Å². The highest BCUT2D eigenvalue weighted by Gasteiger charge is 2.13. The molecule has 2 heterocycles. The van der Waals surface area contributed by atoms with E-state index >= 15 is 0 Å². The van der Waals surface area contributed by atoms with Gasteiger partial charge in [0, 0.05) is 37.1 Å². The molecule has 0 aliphatic heterocycles. The van der Waals surface area contributed by atoms with E-state index in [1.807, 2.05) is 17.5 Å². The minimum Gasteiger partial charge on any atom is -0.244 e. The van der Waals surface area contributed by atoms with Crippen LogP contribution < -0.4 is 0 Å². The molecule has 0 aliphatic rings. The van der Waals surface area contributed by atoms with Crippen LogP contribution in [0.2, 0.25) is 0 Å². The average Bonchev–Trinajstić information content (AvgIpc) is 3.47. The summed E-state index contributed by atoms with van der Waals surface area (Å²) >= 11 is 1.88. The molecule has 9 rings (SSSR count). The molecule has 0 N–H and O–H groups in total. The summed E-state index contributed by atoms with van der Waals surface area (Å²) < 4.78 is 2.67.